The van der Waals surface area contributed by atoms with Crippen LogP contribution in [-0.4, -0.2) is 29.2 Å². The summed E-state index contributed by atoms with van der Waals surface area (Å²) >= 11 is 0. The van der Waals surface area contributed by atoms with Crippen LogP contribution in [0.2, 0.25) is 0 Å². The van der Waals surface area contributed by atoms with Gasteiger partial charge < -0.3 is 21.1 Å². The summed E-state index contributed by atoms with van der Waals surface area (Å²) in [7, 11) is 0. The number of nitrogens with zero attached hydrogens (tertiary/aromatic N) is 2. The Balaban J connectivity index is 1.39. The molecule has 2 aliphatic rings. The molecule has 1 aromatic heterocycles. The Kier molecular flexibility index (Phi) is 6.66. The topological polar surface area (TPSA) is 74.4 Å². The van der Waals surface area contributed by atoms with Gasteiger partial charge in [-0.25, -0.2) is 13.2 Å². The number of hydrogen-bond acceptors (Lipinski definition) is 5. The van der Waals surface area contributed by atoms with E-state index in [1.54, 1.807) is 18.5 Å². The zero-order chi connectivity index (χ0) is 25.4. The highest BCUT2D eigenvalue weighted by Crippen LogP contribution is 2.43. The average Bonchev–Trinajstić information content (AvgIpc) is 2.82. The molecule has 4 N–H and O–H groups in total. The van der Waals surface area contributed by atoms with E-state index in [0.717, 1.165) is 49.4 Å². The molecular formula is C28H31F3N4O. The van der Waals surface area contributed by atoms with Gasteiger partial charge in [-0.15, -0.1) is 0 Å². The van der Waals surface area contributed by atoms with Gasteiger partial charge in [-0.2, -0.15) is 0 Å². The third kappa shape index (κ3) is 4.80. The number of benzene rings is 2. The van der Waals surface area contributed by atoms with Crippen LogP contribution < -0.4 is 16.0 Å². The lowest BCUT2D eigenvalue weighted by Gasteiger charge is -2.37. The summed E-state index contributed by atoms with van der Waals surface area (Å²) in [5.74, 6) is -2.03. The minimum atomic E-state index is -1.21. The van der Waals surface area contributed by atoms with Crippen molar-refractivity contribution in [2.24, 2.45) is 11.7 Å². The van der Waals surface area contributed by atoms with Crippen LogP contribution in [0.4, 0.5) is 24.5 Å². The summed E-state index contributed by atoms with van der Waals surface area (Å²) in [5.41, 5.74) is 7.08. The molecule has 0 bridgehead atoms. The molecule has 2 fully saturated rings. The molecule has 8 heteroatoms. The van der Waals surface area contributed by atoms with Gasteiger partial charge in [-0.1, -0.05) is 13.0 Å². The van der Waals surface area contributed by atoms with E-state index >= 15 is 8.78 Å². The van der Waals surface area contributed by atoms with Crippen LogP contribution in [0.1, 0.15) is 43.7 Å². The Hall–Kier alpha value is -3.10. The molecule has 2 heterocycles. The van der Waals surface area contributed by atoms with Crippen LogP contribution in [-0.2, 0) is 12.1 Å². The summed E-state index contributed by atoms with van der Waals surface area (Å²) in [6, 6.07) is 8.52. The van der Waals surface area contributed by atoms with Crippen molar-refractivity contribution in [3.63, 3.8) is 0 Å². The molecule has 190 valence electrons. The second-order valence-corrected chi connectivity index (χ2v) is 10.3. The van der Waals surface area contributed by atoms with Crippen molar-refractivity contribution >= 4 is 11.4 Å². The van der Waals surface area contributed by atoms with Crippen LogP contribution in [0.15, 0.2) is 48.8 Å². The molecule has 2 aromatic carbocycles. The highest BCUT2D eigenvalue weighted by atomic mass is 19.1. The summed E-state index contributed by atoms with van der Waals surface area (Å²) in [4.78, 5) is 6.47. The maximum absolute atomic E-state index is 15.0. The van der Waals surface area contributed by atoms with Gasteiger partial charge in [0.2, 0.25) is 0 Å². The quantitative estimate of drug-likeness (QED) is 0.431. The van der Waals surface area contributed by atoms with E-state index < -0.39 is 28.6 Å². The number of halogens is 3. The number of hydrogen-bond donors (Lipinski definition) is 3. The van der Waals surface area contributed by atoms with E-state index in [9.17, 15) is 9.50 Å². The van der Waals surface area contributed by atoms with E-state index in [0.29, 0.717) is 30.9 Å². The lowest BCUT2D eigenvalue weighted by Crippen LogP contribution is -2.46. The summed E-state index contributed by atoms with van der Waals surface area (Å²) in [5, 5.41) is 13.8. The van der Waals surface area contributed by atoms with Crippen LogP contribution in [0, 0.1) is 23.4 Å². The number of nitrogens with two attached hydrogens (primary N) is 1. The highest BCUT2D eigenvalue weighted by molar-refractivity contribution is 5.70. The Morgan fingerprint density at radius 3 is 2.50 bits per heavy atom. The molecule has 2 atom stereocenters. The number of anilines is 2. The van der Waals surface area contributed by atoms with E-state index in [2.05, 4.69) is 22.1 Å². The van der Waals surface area contributed by atoms with Crippen molar-refractivity contribution in [3.05, 3.63) is 77.4 Å². The molecule has 3 aromatic rings. The van der Waals surface area contributed by atoms with Gasteiger partial charge in [-0.3, -0.25) is 4.98 Å². The first-order chi connectivity index (χ1) is 17.2. The Morgan fingerprint density at radius 1 is 1.08 bits per heavy atom. The third-order valence-corrected chi connectivity index (χ3v) is 7.37. The first-order valence-corrected chi connectivity index (χ1v) is 12.4. The summed E-state index contributed by atoms with van der Waals surface area (Å²) < 4.78 is 44.8. The van der Waals surface area contributed by atoms with E-state index in [1.807, 2.05) is 6.07 Å². The van der Waals surface area contributed by atoms with Gasteiger partial charge in [0.05, 0.1) is 28.7 Å². The Labute approximate surface area is 209 Å². The SMILES string of the molecule is CC1CC(N)CN(c2ccncc2NCc2ccc(F)c(-c3c(F)cc(C4(O)CCC4)cc3F)c2)C1. The zero-order valence-electron chi connectivity index (χ0n) is 20.3. The Bertz CT molecular complexity index is 1230. The van der Waals surface area contributed by atoms with Crippen molar-refractivity contribution in [2.75, 3.05) is 23.3 Å². The van der Waals surface area contributed by atoms with Crippen molar-refractivity contribution in [2.45, 2.75) is 50.8 Å². The number of pyridine rings is 1. The predicted molar refractivity (Wildman–Crippen MR) is 135 cm³/mol. The highest BCUT2D eigenvalue weighted by Gasteiger charge is 2.37. The van der Waals surface area contributed by atoms with Crippen LogP contribution in [0.25, 0.3) is 11.1 Å². The molecule has 1 aliphatic heterocycles. The molecule has 5 rings (SSSR count). The van der Waals surface area contributed by atoms with Crippen LogP contribution >= 0.6 is 0 Å². The zero-order valence-corrected chi connectivity index (χ0v) is 20.3. The summed E-state index contributed by atoms with van der Waals surface area (Å²) in [6.45, 7) is 4.12. The van der Waals surface area contributed by atoms with Crippen molar-refractivity contribution in [3.8, 4) is 11.1 Å². The fourth-order valence-corrected chi connectivity index (χ4v) is 5.37. The molecule has 5 nitrogen and oxygen atoms in total. The van der Waals surface area contributed by atoms with Crippen molar-refractivity contribution < 1.29 is 18.3 Å². The third-order valence-electron chi connectivity index (χ3n) is 7.37. The number of piperidine rings is 1. The van der Waals surface area contributed by atoms with Crippen molar-refractivity contribution in [1.29, 1.82) is 0 Å². The standard InChI is InChI=1S/C28H31F3N4O/c1-17-9-20(32)16-35(15-17)26-5-8-33-14-25(26)34-13-18-3-4-22(29)21(10-18)27-23(30)11-19(12-24(27)31)28(36)6-2-7-28/h3-5,8,10-12,14,17,20,34,36H,2,6-7,9,13,15-16,32H2,1H3. The van der Waals surface area contributed by atoms with Gasteiger partial charge in [0.25, 0.3) is 0 Å². The molecule has 1 aliphatic carbocycles. The smallest absolute Gasteiger partial charge is 0.134 e. The second-order valence-electron chi connectivity index (χ2n) is 10.3. The normalized spacial score (nSPS) is 21.2. The van der Waals surface area contributed by atoms with Gasteiger partial charge >= 0.3 is 0 Å². The fourth-order valence-electron chi connectivity index (χ4n) is 5.37. The molecular weight excluding hydrogens is 465 g/mol. The average molecular weight is 497 g/mol. The van der Waals surface area contributed by atoms with Gasteiger partial charge in [0.1, 0.15) is 17.5 Å². The molecule has 0 amide bonds. The summed E-state index contributed by atoms with van der Waals surface area (Å²) in [6.07, 6.45) is 6.16. The van der Waals surface area contributed by atoms with Gasteiger partial charge in [0, 0.05) is 37.4 Å². The van der Waals surface area contributed by atoms with E-state index in [-0.39, 0.29) is 17.2 Å². The molecule has 0 spiro atoms. The Morgan fingerprint density at radius 2 is 1.83 bits per heavy atom. The van der Waals surface area contributed by atoms with E-state index in [1.165, 1.54) is 12.1 Å². The second kappa shape index (κ2) is 9.75. The maximum Gasteiger partial charge on any atom is 0.134 e. The van der Waals surface area contributed by atoms with Gasteiger partial charge in [-0.05, 0) is 73.1 Å². The first kappa shape index (κ1) is 24.6. The minimum Gasteiger partial charge on any atom is -0.385 e. The largest absolute Gasteiger partial charge is 0.385 e. The maximum atomic E-state index is 15.0. The lowest BCUT2D eigenvalue weighted by molar-refractivity contribution is -0.0392. The van der Waals surface area contributed by atoms with E-state index in [4.69, 9.17) is 5.73 Å². The number of rotatable bonds is 6. The monoisotopic (exact) mass is 496 g/mol. The number of aliphatic hydroxyl groups is 1. The predicted octanol–water partition coefficient (Wildman–Crippen LogP) is 5.32. The molecule has 1 saturated heterocycles. The fraction of sp³-hybridized carbons (Fsp3) is 0.393. The lowest BCUT2D eigenvalue weighted by atomic mass is 9.75. The molecule has 1 saturated carbocycles. The van der Waals surface area contributed by atoms with Gasteiger partial charge in [0.15, 0.2) is 0 Å². The first-order valence-electron chi connectivity index (χ1n) is 12.4. The molecule has 36 heavy (non-hydrogen) atoms. The minimum absolute atomic E-state index is 0.0932. The molecule has 0 radical (unpaired) electrons. The van der Waals surface area contributed by atoms with Crippen molar-refractivity contribution in [1.82, 2.24) is 4.98 Å². The number of aromatic nitrogens is 1. The van der Waals surface area contributed by atoms with Crippen LogP contribution in [0.3, 0.4) is 0 Å². The van der Waals surface area contributed by atoms with Crippen LogP contribution in [0.5, 0.6) is 0 Å². The molecule has 2 unspecified atom stereocenters. The number of nitrogens with one attached hydrogen (secondary N) is 1.